The summed E-state index contributed by atoms with van der Waals surface area (Å²) in [4.78, 5) is 24.3. The maximum absolute atomic E-state index is 16.2. The van der Waals surface area contributed by atoms with Crippen molar-refractivity contribution in [1.82, 2.24) is 24.8 Å². The highest BCUT2D eigenvalue weighted by Crippen LogP contribution is 2.38. The minimum Gasteiger partial charge on any atom is -0.465 e. The summed E-state index contributed by atoms with van der Waals surface area (Å²) in [5, 5.41) is 19.6. The fourth-order valence-corrected chi connectivity index (χ4v) is 5.39. The standard InChI is InChI=1S/C28H27ClF2N6O2/c1-15-6-8-16(9-7-15)14-37-22(23(31)19-4-2-3-5-20(19)30)11-21-25(37)24(17-10-18(29)13-33-12-17)35-27(34-21)26(32)36-28(38)39/h2-5,10-13,15-16,23H,6-9,14H2,1H3,(H2,32,36)(H,38,39)/t15-,16-,23?. The van der Waals surface area contributed by atoms with Crippen LogP contribution >= 0.6 is 11.6 Å². The first kappa shape index (κ1) is 26.7. The van der Waals surface area contributed by atoms with Crippen molar-refractivity contribution in [3.63, 3.8) is 0 Å². The van der Waals surface area contributed by atoms with E-state index in [-0.39, 0.29) is 23.0 Å². The highest BCUT2D eigenvalue weighted by molar-refractivity contribution is 6.30. The van der Waals surface area contributed by atoms with Gasteiger partial charge in [0.05, 0.1) is 21.7 Å². The Morgan fingerprint density at radius 1 is 1.21 bits per heavy atom. The lowest BCUT2D eigenvalue weighted by Gasteiger charge is -2.28. The highest BCUT2D eigenvalue weighted by atomic mass is 35.5. The molecule has 0 saturated heterocycles. The van der Waals surface area contributed by atoms with E-state index in [1.54, 1.807) is 16.7 Å². The Balaban J connectivity index is 1.75. The number of rotatable bonds is 6. The number of benzene rings is 1. The van der Waals surface area contributed by atoms with E-state index in [1.165, 1.54) is 36.7 Å². The van der Waals surface area contributed by atoms with E-state index < -0.39 is 23.9 Å². The number of amidine groups is 1. The van der Waals surface area contributed by atoms with Crippen LogP contribution in [0.1, 0.15) is 55.9 Å². The summed E-state index contributed by atoms with van der Waals surface area (Å²) < 4.78 is 32.7. The van der Waals surface area contributed by atoms with Crippen molar-refractivity contribution in [3.8, 4) is 11.3 Å². The third-order valence-electron chi connectivity index (χ3n) is 7.23. The number of nitrogens with one attached hydrogen (secondary N) is 2. The number of nitrogens with zero attached hydrogens (tertiary/aromatic N) is 4. The van der Waals surface area contributed by atoms with Crippen molar-refractivity contribution < 1.29 is 18.7 Å². The van der Waals surface area contributed by atoms with Crippen LogP contribution in [0.25, 0.3) is 22.3 Å². The highest BCUT2D eigenvalue weighted by Gasteiger charge is 2.28. The van der Waals surface area contributed by atoms with Crippen molar-refractivity contribution in [1.29, 1.82) is 5.41 Å². The molecule has 5 rings (SSSR count). The maximum Gasteiger partial charge on any atom is 0.410 e. The smallest absolute Gasteiger partial charge is 0.410 e. The van der Waals surface area contributed by atoms with Crippen molar-refractivity contribution in [3.05, 3.63) is 76.7 Å². The first-order chi connectivity index (χ1) is 18.7. The molecule has 3 N–H and O–H groups in total. The largest absolute Gasteiger partial charge is 0.465 e. The molecule has 1 aromatic carbocycles. The predicted molar refractivity (Wildman–Crippen MR) is 144 cm³/mol. The number of amides is 1. The number of hydrogen-bond donors (Lipinski definition) is 3. The van der Waals surface area contributed by atoms with Crippen LogP contribution in [0.4, 0.5) is 13.6 Å². The molecule has 0 spiro atoms. The van der Waals surface area contributed by atoms with Gasteiger partial charge in [0, 0.05) is 30.1 Å². The zero-order valence-electron chi connectivity index (χ0n) is 21.2. The van der Waals surface area contributed by atoms with E-state index >= 15 is 4.39 Å². The number of halogens is 3. The number of pyridine rings is 1. The Kier molecular flexibility index (Phi) is 7.56. The summed E-state index contributed by atoms with van der Waals surface area (Å²) in [7, 11) is 0. The number of aromatic nitrogens is 4. The second-order valence-electron chi connectivity index (χ2n) is 10.0. The van der Waals surface area contributed by atoms with Gasteiger partial charge < -0.3 is 9.67 Å². The molecule has 3 heterocycles. The van der Waals surface area contributed by atoms with E-state index in [9.17, 15) is 9.18 Å². The van der Waals surface area contributed by atoms with E-state index in [0.29, 0.717) is 39.8 Å². The molecule has 0 radical (unpaired) electrons. The zero-order chi connectivity index (χ0) is 27.7. The van der Waals surface area contributed by atoms with Crippen LogP contribution in [-0.2, 0) is 6.54 Å². The maximum atomic E-state index is 16.2. The number of fused-ring (bicyclic) bond motifs is 1. The van der Waals surface area contributed by atoms with Crippen molar-refractivity contribution in [2.75, 3.05) is 0 Å². The lowest BCUT2D eigenvalue weighted by Crippen LogP contribution is -2.30. The lowest BCUT2D eigenvalue weighted by molar-refractivity contribution is 0.200. The number of carboxylic acid groups (broad SMARTS) is 1. The van der Waals surface area contributed by atoms with Crippen molar-refractivity contribution in [2.45, 2.75) is 45.3 Å². The molecule has 202 valence electrons. The molecule has 1 aliphatic rings. The molecular weight excluding hydrogens is 526 g/mol. The molecular formula is C28H27ClF2N6O2. The molecule has 1 fully saturated rings. The molecule has 0 aliphatic heterocycles. The minimum atomic E-state index is -1.80. The molecule has 0 bridgehead atoms. The van der Waals surface area contributed by atoms with Crippen LogP contribution in [0.3, 0.4) is 0 Å². The average molecular weight is 553 g/mol. The van der Waals surface area contributed by atoms with Gasteiger partial charge in [-0.2, -0.15) is 0 Å². The molecule has 11 heteroatoms. The summed E-state index contributed by atoms with van der Waals surface area (Å²) in [5.41, 5.74) is 1.69. The normalized spacial score (nSPS) is 18.2. The fraction of sp³-hybridized carbons (Fsp3) is 0.321. The fourth-order valence-electron chi connectivity index (χ4n) is 5.22. The molecule has 39 heavy (non-hydrogen) atoms. The molecule has 3 aromatic heterocycles. The van der Waals surface area contributed by atoms with Crippen LogP contribution in [0.5, 0.6) is 0 Å². The third-order valence-corrected chi connectivity index (χ3v) is 7.43. The number of alkyl halides is 1. The van der Waals surface area contributed by atoms with Crippen molar-refractivity contribution >= 4 is 34.6 Å². The van der Waals surface area contributed by atoms with Crippen molar-refractivity contribution in [2.24, 2.45) is 11.8 Å². The summed E-state index contributed by atoms with van der Waals surface area (Å²) in [6, 6.07) is 8.89. The first-order valence-electron chi connectivity index (χ1n) is 12.7. The van der Waals surface area contributed by atoms with Crippen LogP contribution in [0, 0.1) is 23.1 Å². The Morgan fingerprint density at radius 3 is 2.64 bits per heavy atom. The van der Waals surface area contributed by atoms with Gasteiger partial charge in [0.2, 0.25) is 0 Å². The molecule has 1 atom stereocenters. The van der Waals surface area contributed by atoms with Crippen LogP contribution in [-0.4, -0.2) is 36.6 Å². The SMILES string of the molecule is C[C@H]1CC[C@H](Cn2c(C(F)c3ccccc3F)cc3nc(C(=N)NC(=O)O)nc(-c4cncc(Cl)c4)c32)CC1. The summed E-state index contributed by atoms with van der Waals surface area (Å²) in [6.07, 6.45) is 3.83. The van der Waals surface area contributed by atoms with Gasteiger partial charge in [0.1, 0.15) is 11.5 Å². The summed E-state index contributed by atoms with van der Waals surface area (Å²) in [6.45, 7) is 2.69. The molecule has 8 nitrogen and oxygen atoms in total. The lowest BCUT2D eigenvalue weighted by atomic mass is 9.83. The van der Waals surface area contributed by atoms with Gasteiger partial charge >= 0.3 is 6.09 Å². The second kappa shape index (κ2) is 11.1. The van der Waals surface area contributed by atoms with Gasteiger partial charge in [0.15, 0.2) is 17.8 Å². The van der Waals surface area contributed by atoms with E-state index in [0.717, 1.165) is 25.7 Å². The molecule has 1 saturated carbocycles. The second-order valence-corrected chi connectivity index (χ2v) is 10.5. The Bertz CT molecular complexity index is 1550. The van der Waals surface area contributed by atoms with Gasteiger partial charge in [0.25, 0.3) is 0 Å². The first-order valence-corrected chi connectivity index (χ1v) is 13.1. The molecule has 1 unspecified atom stereocenters. The van der Waals surface area contributed by atoms with Crippen LogP contribution in [0.2, 0.25) is 5.02 Å². The quantitative estimate of drug-likeness (QED) is 0.180. The van der Waals surface area contributed by atoms with E-state index in [1.807, 2.05) is 5.32 Å². The molecule has 4 aromatic rings. The summed E-state index contributed by atoms with van der Waals surface area (Å²) >= 11 is 6.23. The van der Waals surface area contributed by atoms with Gasteiger partial charge in [-0.3, -0.25) is 15.7 Å². The third kappa shape index (κ3) is 5.61. The van der Waals surface area contributed by atoms with Crippen LogP contribution in [0.15, 0.2) is 48.8 Å². The topological polar surface area (TPSA) is 117 Å². The predicted octanol–water partition coefficient (Wildman–Crippen LogP) is 6.76. The van der Waals surface area contributed by atoms with Gasteiger partial charge in [-0.1, -0.05) is 49.6 Å². The minimum absolute atomic E-state index is 0.0988. The zero-order valence-corrected chi connectivity index (χ0v) is 21.9. The van der Waals surface area contributed by atoms with E-state index in [4.69, 9.17) is 22.1 Å². The molecule has 1 amide bonds. The molecule has 1 aliphatic carbocycles. The Hall–Kier alpha value is -3.92. The van der Waals surface area contributed by atoms with Gasteiger partial charge in [-0.05, 0) is 42.9 Å². The monoisotopic (exact) mass is 552 g/mol. The van der Waals surface area contributed by atoms with Gasteiger partial charge in [-0.15, -0.1) is 0 Å². The van der Waals surface area contributed by atoms with Gasteiger partial charge in [-0.25, -0.2) is 23.5 Å². The number of hydrogen-bond acceptors (Lipinski definition) is 5. The summed E-state index contributed by atoms with van der Waals surface area (Å²) in [5.74, 6) is -0.508. The van der Waals surface area contributed by atoms with E-state index in [2.05, 4.69) is 21.9 Å². The Labute approximate surface area is 228 Å². The number of carbonyl (C=O) groups is 1. The van der Waals surface area contributed by atoms with Crippen LogP contribution < -0.4 is 5.32 Å². The Morgan fingerprint density at radius 2 is 1.95 bits per heavy atom. The average Bonchev–Trinajstić information content (AvgIpc) is 3.27.